The molecular formula is C13H19NO4. The number of hydrogen-bond donors (Lipinski definition) is 1. The molecule has 0 radical (unpaired) electrons. The zero-order valence-electron chi connectivity index (χ0n) is 11.4. The van der Waals surface area contributed by atoms with Gasteiger partial charge in [-0.15, -0.1) is 0 Å². The van der Waals surface area contributed by atoms with E-state index < -0.39 is 17.3 Å². The second kappa shape index (κ2) is 4.92. The number of ether oxygens (including phenoxy) is 1. The fourth-order valence-corrected chi connectivity index (χ4v) is 2.31. The molecule has 5 nitrogen and oxygen atoms in total. The summed E-state index contributed by atoms with van der Waals surface area (Å²) >= 11 is 0. The number of aliphatic imine (C=N–C) groups is 1. The van der Waals surface area contributed by atoms with E-state index in [1.165, 1.54) is 14.2 Å². The quantitative estimate of drug-likeness (QED) is 0.600. The third-order valence-electron chi connectivity index (χ3n) is 3.34. The second-order valence-corrected chi connectivity index (χ2v) is 5.11. The lowest BCUT2D eigenvalue weighted by atomic mass is 9.68. The van der Waals surface area contributed by atoms with Crippen molar-refractivity contribution in [3.63, 3.8) is 0 Å². The van der Waals surface area contributed by atoms with Crippen molar-refractivity contribution in [2.24, 2.45) is 16.3 Å². The van der Waals surface area contributed by atoms with E-state index >= 15 is 0 Å². The molecule has 100 valence electrons. The normalized spacial score (nSPS) is 24.2. The Bertz CT molecular complexity index is 446. The Hall–Kier alpha value is -1.65. The average molecular weight is 253 g/mol. The standard InChI is InChI=1S/C13H19NO4/c1-7(14-4)9-8(15)6-13(2,3)10(11(9)16)12(17)18-5/h10,16H,6H2,1-5H3. The molecule has 1 unspecified atom stereocenters. The van der Waals surface area contributed by atoms with Crippen molar-refractivity contribution in [3.05, 3.63) is 11.3 Å². The molecule has 0 spiro atoms. The predicted octanol–water partition coefficient (Wildman–Crippen LogP) is 1.68. The summed E-state index contributed by atoms with van der Waals surface area (Å²) in [6.45, 7) is 5.16. The van der Waals surface area contributed by atoms with Gasteiger partial charge in [-0.25, -0.2) is 0 Å². The van der Waals surface area contributed by atoms with Gasteiger partial charge in [0, 0.05) is 19.2 Å². The van der Waals surface area contributed by atoms with E-state index in [2.05, 4.69) is 4.99 Å². The summed E-state index contributed by atoms with van der Waals surface area (Å²) in [5, 5.41) is 10.2. The smallest absolute Gasteiger partial charge is 0.316 e. The molecule has 0 amide bonds. The molecule has 0 heterocycles. The predicted molar refractivity (Wildman–Crippen MR) is 67.6 cm³/mol. The van der Waals surface area contributed by atoms with Crippen LogP contribution in [0.3, 0.4) is 0 Å². The van der Waals surface area contributed by atoms with Crippen LogP contribution in [0.1, 0.15) is 27.2 Å². The molecular weight excluding hydrogens is 234 g/mol. The van der Waals surface area contributed by atoms with E-state index in [-0.39, 0.29) is 23.5 Å². The van der Waals surface area contributed by atoms with Gasteiger partial charge < -0.3 is 9.84 Å². The first-order valence-electron chi connectivity index (χ1n) is 5.74. The summed E-state index contributed by atoms with van der Waals surface area (Å²) in [6.07, 6.45) is 0.180. The Balaban J connectivity index is 3.42. The minimum absolute atomic E-state index is 0.146. The first-order valence-corrected chi connectivity index (χ1v) is 5.74. The first kappa shape index (κ1) is 14.4. The molecule has 5 heteroatoms. The summed E-state index contributed by atoms with van der Waals surface area (Å²) in [6, 6.07) is 0. The zero-order chi connectivity index (χ0) is 14.1. The van der Waals surface area contributed by atoms with Crippen molar-refractivity contribution in [2.75, 3.05) is 14.2 Å². The summed E-state index contributed by atoms with van der Waals surface area (Å²) in [5.74, 6) is -1.79. The van der Waals surface area contributed by atoms with Crippen LogP contribution >= 0.6 is 0 Å². The van der Waals surface area contributed by atoms with Crippen molar-refractivity contribution in [3.8, 4) is 0 Å². The molecule has 0 aromatic heterocycles. The summed E-state index contributed by atoms with van der Waals surface area (Å²) < 4.78 is 4.71. The van der Waals surface area contributed by atoms with Gasteiger partial charge in [0.2, 0.25) is 0 Å². The monoisotopic (exact) mass is 253 g/mol. The highest BCUT2D eigenvalue weighted by Gasteiger charge is 2.47. The van der Waals surface area contributed by atoms with Crippen LogP contribution in [0.4, 0.5) is 0 Å². The SMILES string of the molecule is CN=C(C)C1=C(O)C(C(=O)OC)C(C)(C)CC1=O. The van der Waals surface area contributed by atoms with E-state index in [4.69, 9.17) is 4.74 Å². The van der Waals surface area contributed by atoms with Gasteiger partial charge in [-0.1, -0.05) is 13.8 Å². The number of aliphatic hydroxyl groups is 1. The number of carbonyl (C=O) groups is 2. The lowest BCUT2D eigenvalue weighted by Gasteiger charge is -2.36. The van der Waals surface area contributed by atoms with E-state index in [9.17, 15) is 14.7 Å². The maximum Gasteiger partial charge on any atom is 0.316 e. The van der Waals surface area contributed by atoms with E-state index in [1.807, 2.05) is 0 Å². The average Bonchev–Trinajstić information content (AvgIpc) is 2.26. The molecule has 0 saturated heterocycles. The third-order valence-corrected chi connectivity index (χ3v) is 3.34. The first-order chi connectivity index (χ1) is 8.26. The van der Waals surface area contributed by atoms with Crippen LogP contribution in [-0.2, 0) is 14.3 Å². The highest BCUT2D eigenvalue weighted by atomic mass is 16.5. The Morgan fingerprint density at radius 3 is 2.50 bits per heavy atom. The lowest BCUT2D eigenvalue weighted by molar-refractivity contribution is -0.150. The molecule has 0 aromatic carbocycles. The topological polar surface area (TPSA) is 76.0 Å². The maximum absolute atomic E-state index is 12.0. The molecule has 1 atom stereocenters. The second-order valence-electron chi connectivity index (χ2n) is 5.11. The number of esters is 1. The van der Waals surface area contributed by atoms with Gasteiger partial charge >= 0.3 is 5.97 Å². The van der Waals surface area contributed by atoms with Gasteiger partial charge in [0.25, 0.3) is 0 Å². The van der Waals surface area contributed by atoms with Crippen molar-refractivity contribution >= 4 is 17.5 Å². The van der Waals surface area contributed by atoms with E-state index in [0.29, 0.717) is 5.71 Å². The van der Waals surface area contributed by atoms with Crippen molar-refractivity contribution in [1.29, 1.82) is 0 Å². The van der Waals surface area contributed by atoms with Crippen molar-refractivity contribution in [2.45, 2.75) is 27.2 Å². The Kier molecular flexibility index (Phi) is 3.94. The Morgan fingerprint density at radius 1 is 1.50 bits per heavy atom. The number of aliphatic hydroxyl groups excluding tert-OH is 1. The molecule has 0 fully saturated rings. The number of Topliss-reactive ketones (excluding diaryl/α,β-unsaturated/α-hetero) is 1. The molecule has 1 aliphatic rings. The lowest BCUT2D eigenvalue weighted by Crippen LogP contribution is -2.41. The van der Waals surface area contributed by atoms with Crippen LogP contribution in [0.2, 0.25) is 0 Å². The molecule has 0 aliphatic heterocycles. The highest BCUT2D eigenvalue weighted by Crippen LogP contribution is 2.42. The van der Waals surface area contributed by atoms with Crippen LogP contribution in [0.25, 0.3) is 0 Å². The Morgan fingerprint density at radius 2 is 2.06 bits per heavy atom. The molecule has 0 saturated carbocycles. The van der Waals surface area contributed by atoms with Crippen molar-refractivity contribution < 1.29 is 19.4 Å². The number of hydrogen-bond acceptors (Lipinski definition) is 5. The van der Waals surface area contributed by atoms with Crippen molar-refractivity contribution in [1.82, 2.24) is 0 Å². The number of rotatable bonds is 2. The Labute approximate surface area is 107 Å². The fraction of sp³-hybridized carbons (Fsp3) is 0.615. The number of ketones is 1. The molecule has 1 aliphatic carbocycles. The highest BCUT2D eigenvalue weighted by molar-refractivity contribution is 6.23. The maximum atomic E-state index is 12.0. The summed E-state index contributed by atoms with van der Waals surface area (Å²) in [7, 11) is 2.80. The molecule has 1 rings (SSSR count). The van der Waals surface area contributed by atoms with Gasteiger partial charge in [-0.3, -0.25) is 14.6 Å². The summed E-state index contributed by atoms with van der Waals surface area (Å²) in [4.78, 5) is 27.7. The molecule has 1 N–H and O–H groups in total. The molecule has 0 bridgehead atoms. The number of carbonyl (C=O) groups excluding carboxylic acids is 2. The van der Waals surface area contributed by atoms with Gasteiger partial charge in [-0.05, 0) is 12.3 Å². The summed E-state index contributed by atoms with van der Waals surface area (Å²) in [5.41, 5.74) is -0.0830. The van der Waals surface area contributed by atoms with Crippen LogP contribution in [0, 0.1) is 11.3 Å². The minimum Gasteiger partial charge on any atom is -0.511 e. The van der Waals surface area contributed by atoms with E-state index in [1.54, 1.807) is 20.8 Å². The van der Waals surface area contributed by atoms with Crippen LogP contribution in [-0.4, -0.2) is 36.7 Å². The van der Waals surface area contributed by atoms with Crippen LogP contribution < -0.4 is 0 Å². The zero-order valence-corrected chi connectivity index (χ0v) is 11.4. The van der Waals surface area contributed by atoms with Crippen LogP contribution in [0.5, 0.6) is 0 Å². The number of allylic oxidation sites excluding steroid dienone is 1. The third kappa shape index (κ3) is 2.30. The molecule has 18 heavy (non-hydrogen) atoms. The van der Waals surface area contributed by atoms with Gasteiger partial charge in [0.1, 0.15) is 11.7 Å². The van der Waals surface area contributed by atoms with Gasteiger partial charge in [0.05, 0.1) is 12.7 Å². The molecule has 0 aromatic rings. The minimum atomic E-state index is -0.827. The largest absolute Gasteiger partial charge is 0.511 e. The van der Waals surface area contributed by atoms with Crippen LogP contribution in [0.15, 0.2) is 16.3 Å². The number of methoxy groups -OCH3 is 1. The van der Waals surface area contributed by atoms with Gasteiger partial charge in [-0.2, -0.15) is 0 Å². The fourth-order valence-electron chi connectivity index (χ4n) is 2.31. The number of nitrogens with zero attached hydrogens (tertiary/aromatic N) is 1. The van der Waals surface area contributed by atoms with Gasteiger partial charge in [0.15, 0.2) is 5.78 Å². The van der Waals surface area contributed by atoms with E-state index in [0.717, 1.165) is 0 Å².